The molecule has 4 heteroatoms. The molecule has 1 heterocycles. The molecule has 0 amide bonds. The number of pyridine rings is 1. The summed E-state index contributed by atoms with van der Waals surface area (Å²) in [5.74, 6) is 0.776. The van der Waals surface area contributed by atoms with Gasteiger partial charge in [0.2, 0.25) is 0 Å². The standard InChI is InChI=1S/C6H6BrNO.H3N/c1-9-5-2-3-6(7)8-4-5;/h2-4H,1H3;1H3. The van der Waals surface area contributed by atoms with Crippen molar-refractivity contribution >= 4 is 15.9 Å². The maximum atomic E-state index is 4.89. The molecule has 0 fully saturated rings. The molecule has 3 N–H and O–H groups in total. The van der Waals surface area contributed by atoms with Crippen LogP contribution in [0.25, 0.3) is 0 Å². The fraction of sp³-hybridized carbons (Fsp3) is 0.167. The fourth-order valence-corrected chi connectivity index (χ4v) is 0.718. The molecule has 0 radical (unpaired) electrons. The molecule has 1 rings (SSSR count). The van der Waals surface area contributed by atoms with Crippen LogP contribution in [0.15, 0.2) is 22.9 Å². The number of methoxy groups -OCH3 is 1. The number of halogens is 1. The minimum atomic E-state index is 0. The van der Waals surface area contributed by atoms with Crippen LogP contribution in [0.3, 0.4) is 0 Å². The Hall–Kier alpha value is -0.610. The van der Waals surface area contributed by atoms with Gasteiger partial charge in [0.15, 0.2) is 0 Å². The highest BCUT2D eigenvalue weighted by Gasteiger charge is 1.88. The molecule has 0 aromatic carbocycles. The predicted molar refractivity (Wildman–Crippen MR) is 43.5 cm³/mol. The Kier molecular flexibility index (Phi) is 3.99. The molecular weight excluding hydrogens is 196 g/mol. The number of nitrogens with zero attached hydrogens (tertiary/aromatic N) is 1. The molecule has 0 bridgehead atoms. The van der Waals surface area contributed by atoms with Crippen molar-refractivity contribution in [2.24, 2.45) is 0 Å². The summed E-state index contributed by atoms with van der Waals surface area (Å²) in [5, 5.41) is 0. The van der Waals surface area contributed by atoms with Gasteiger partial charge in [-0.2, -0.15) is 0 Å². The summed E-state index contributed by atoms with van der Waals surface area (Å²) < 4.78 is 5.71. The smallest absolute Gasteiger partial charge is 0.137 e. The fourth-order valence-electron chi connectivity index (χ4n) is 0.483. The first-order valence-electron chi connectivity index (χ1n) is 2.48. The van der Waals surface area contributed by atoms with Crippen LogP contribution in [-0.4, -0.2) is 12.1 Å². The summed E-state index contributed by atoms with van der Waals surface area (Å²) >= 11 is 3.21. The predicted octanol–water partition coefficient (Wildman–Crippen LogP) is 2.01. The van der Waals surface area contributed by atoms with E-state index in [0.717, 1.165) is 10.4 Å². The van der Waals surface area contributed by atoms with Crippen LogP contribution in [0.4, 0.5) is 0 Å². The molecule has 0 unspecified atom stereocenters. The molecule has 0 saturated heterocycles. The lowest BCUT2D eigenvalue weighted by Gasteiger charge is -1.95. The van der Waals surface area contributed by atoms with Crippen LogP contribution >= 0.6 is 15.9 Å². The van der Waals surface area contributed by atoms with Crippen LogP contribution in [-0.2, 0) is 0 Å². The van der Waals surface area contributed by atoms with E-state index in [1.165, 1.54) is 0 Å². The average molecular weight is 205 g/mol. The summed E-state index contributed by atoms with van der Waals surface area (Å²) in [5.41, 5.74) is 0. The third-order valence-electron chi connectivity index (χ3n) is 0.936. The van der Waals surface area contributed by atoms with Gasteiger partial charge in [0.25, 0.3) is 0 Å². The van der Waals surface area contributed by atoms with Crippen LogP contribution < -0.4 is 10.9 Å². The van der Waals surface area contributed by atoms with Crippen LogP contribution in [0.2, 0.25) is 0 Å². The first-order valence-corrected chi connectivity index (χ1v) is 3.28. The van der Waals surface area contributed by atoms with Crippen molar-refractivity contribution in [1.82, 2.24) is 11.1 Å². The number of rotatable bonds is 1. The Morgan fingerprint density at radius 3 is 2.60 bits per heavy atom. The molecule has 0 spiro atoms. The largest absolute Gasteiger partial charge is 0.495 e. The molecular formula is C6H9BrN2O. The van der Waals surface area contributed by atoms with Crippen molar-refractivity contribution in [3.05, 3.63) is 22.9 Å². The highest BCUT2D eigenvalue weighted by molar-refractivity contribution is 9.10. The van der Waals surface area contributed by atoms with Crippen molar-refractivity contribution in [3.63, 3.8) is 0 Å². The number of aromatic nitrogens is 1. The van der Waals surface area contributed by atoms with Gasteiger partial charge in [0.05, 0.1) is 13.3 Å². The lowest BCUT2D eigenvalue weighted by molar-refractivity contribution is 0.412. The molecule has 1 aromatic rings. The molecule has 10 heavy (non-hydrogen) atoms. The third-order valence-corrected chi connectivity index (χ3v) is 1.41. The highest BCUT2D eigenvalue weighted by Crippen LogP contribution is 2.11. The molecule has 0 saturated carbocycles. The van der Waals surface area contributed by atoms with Gasteiger partial charge in [-0.05, 0) is 28.1 Å². The SMILES string of the molecule is COc1ccc(Br)nc1.N. The first kappa shape index (κ1) is 9.39. The van der Waals surface area contributed by atoms with E-state index in [9.17, 15) is 0 Å². The molecule has 0 aliphatic rings. The summed E-state index contributed by atoms with van der Waals surface area (Å²) in [6, 6.07) is 3.68. The second kappa shape index (κ2) is 4.24. The summed E-state index contributed by atoms with van der Waals surface area (Å²) in [4.78, 5) is 3.94. The van der Waals surface area contributed by atoms with Crippen molar-refractivity contribution < 1.29 is 4.74 Å². The van der Waals surface area contributed by atoms with Gasteiger partial charge in [-0.1, -0.05) is 0 Å². The van der Waals surface area contributed by atoms with E-state index in [-0.39, 0.29) is 6.15 Å². The monoisotopic (exact) mass is 204 g/mol. The van der Waals surface area contributed by atoms with E-state index in [4.69, 9.17) is 4.74 Å². The maximum Gasteiger partial charge on any atom is 0.137 e. The third kappa shape index (κ3) is 2.33. The number of hydrogen-bond acceptors (Lipinski definition) is 3. The van der Waals surface area contributed by atoms with Crippen molar-refractivity contribution in [2.45, 2.75) is 0 Å². The van der Waals surface area contributed by atoms with E-state index in [2.05, 4.69) is 20.9 Å². The normalized spacial score (nSPS) is 8.20. The Bertz CT molecular complexity index is 187. The molecule has 56 valence electrons. The minimum Gasteiger partial charge on any atom is -0.495 e. The zero-order valence-electron chi connectivity index (χ0n) is 5.67. The summed E-state index contributed by atoms with van der Waals surface area (Å²) in [6.45, 7) is 0. The second-order valence-corrected chi connectivity index (χ2v) is 2.33. The lowest BCUT2D eigenvalue weighted by atomic mass is 10.5. The Labute approximate surface area is 68.1 Å². The topological polar surface area (TPSA) is 57.1 Å². The van der Waals surface area contributed by atoms with E-state index in [0.29, 0.717) is 0 Å². The molecule has 0 atom stereocenters. The van der Waals surface area contributed by atoms with Crippen LogP contribution in [0.1, 0.15) is 0 Å². The van der Waals surface area contributed by atoms with Gasteiger partial charge in [0.1, 0.15) is 10.4 Å². The molecule has 3 nitrogen and oxygen atoms in total. The van der Waals surface area contributed by atoms with Gasteiger partial charge >= 0.3 is 0 Å². The van der Waals surface area contributed by atoms with Gasteiger partial charge in [-0.25, -0.2) is 4.98 Å². The van der Waals surface area contributed by atoms with Gasteiger partial charge in [-0.15, -0.1) is 0 Å². The summed E-state index contributed by atoms with van der Waals surface area (Å²) in [6.07, 6.45) is 1.66. The van der Waals surface area contributed by atoms with Gasteiger partial charge < -0.3 is 10.9 Å². The minimum absolute atomic E-state index is 0. The summed E-state index contributed by atoms with van der Waals surface area (Å²) in [7, 11) is 1.62. The maximum absolute atomic E-state index is 4.89. The van der Waals surface area contributed by atoms with E-state index < -0.39 is 0 Å². The van der Waals surface area contributed by atoms with Crippen LogP contribution in [0, 0.1) is 0 Å². The number of hydrogen-bond donors (Lipinski definition) is 1. The zero-order valence-corrected chi connectivity index (χ0v) is 7.26. The van der Waals surface area contributed by atoms with Crippen molar-refractivity contribution in [2.75, 3.05) is 7.11 Å². The molecule has 1 aromatic heterocycles. The molecule has 0 aliphatic heterocycles. The first-order chi connectivity index (χ1) is 4.33. The highest BCUT2D eigenvalue weighted by atomic mass is 79.9. The van der Waals surface area contributed by atoms with Crippen molar-refractivity contribution in [1.29, 1.82) is 0 Å². The molecule has 0 aliphatic carbocycles. The van der Waals surface area contributed by atoms with Gasteiger partial charge in [0, 0.05) is 0 Å². The lowest BCUT2D eigenvalue weighted by Crippen LogP contribution is -1.82. The van der Waals surface area contributed by atoms with Gasteiger partial charge in [-0.3, -0.25) is 0 Å². The quantitative estimate of drug-likeness (QED) is 0.713. The van der Waals surface area contributed by atoms with E-state index in [1.54, 1.807) is 13.3 Å². The Balaban J connectivity index is 0.000000810. The second-order valence-electron chi connectivity index (χ2n) is 1.52. The Morgan fingerprint density at radius 1 is 1.50 bits per heavy atom. The Morgan fingerprint density at radius 2 is 2.20 bits per heavy atom. The van der Waals surface area contributed by atoms with Crippen LogP contribution in [0.5, 0.6) is 5.75 Å². The van der Waals surface area contributed by atoms with Crippen molar-refractivity contribution in [3.8, 4) is 5.75 Å². The van der Waals surface area contributed by atoms with E-state index >= 15 is 0 Å². The zero-order chi connectivity index (χ0) is 6.69. The average Bonchev–Trinajstić information content (AvgIpc) is 1.90. The number of ether oxygens (including phenoxy) is 1. The van der Waals surface area contributed by atoms with E-state index in [1.807, 2.05) is 12.1 Å².